The summed E-state index contributed by atoms with van der Waals surface area (Å²) < 4.78 is 0. The van der Waals surface area contributed by atoms with Gasteiger partial charge in [0.15, 0.2) is 0 Å². The van der Waals surface area contributed by atoms with Gasteiger partial charge in [0.2, 0.25) is 0 Å². The molecule has 0 saturated carbocycles. The van der Waals surface area contributed by atoms with Crippen molar-refractivity contribution < 1.29 is 10.2 Å². The van der Waals surface area contributed by atoms with Gasteiger partial charge in [0.05, 0.1) is 0 Å². The van der Waals surface area contributed by atoms with Gasteiger partial charge in [0.1, 0.15) is 11.5 Å². The van der Waals surface area contributed by atoms with Crippen LogP contribution in [0.15, 0.2) is 30.3 Å². The summed E-state index contributed by atoms with van der Waals surface area (Å²) in [6.07, 6.45) is 2.55. The molecule has 0 saturated heterocycles. The van der Waals surface area contributed by atoms with Crippen molar-refractivity contribution in [3.63, 3.8) is 0 Å². The van der Waals surface area contributed by atoms with Gasteiger partial charge in [-0.2, -0.15) is 0 Å². The molecule has 0 atom stereocenters. The van der Waals surface area contributed by atoms with E-state index in [1.165, 1.54) is 5.56 Å². The molecule has 0 aliphatic heterocycles. The fourth-order valence-electron chi connectivity index (χ4n) is 2.79. The van der Waals surface area contributed by atoms with E-state index in [0.29, 0.717) is 11.3 Å². The van der Waals surface area contributed by atoms with Crippen molar-refractivity contribution in [2.45, 2.75) is 40.0 Å². The Bertz CT molecular complexity index is 615. The van der Waals surface area contributed by atoms with Gasteiger partial charge in [0.25, 0.3) is 0 Å². The topological polar surface area (TPSA) is 40.5 Å². The van der Waals surface area contributed by atoms with E-state index in [1.807, 2.05) is 19.1 Å². The second kappa shape index (κ2) is 6.00. The molecule has 0 aromatic heterocycles. The fourth-order valence-corrected chi connectivity index (χ4v) is 2.79. The maximum atomic E-state index is 10.6. The van der Waals surface area contributed by atoms with Crippen LogP contribution < -0.4 is 0 Å². The van der Waals surface area contributed by atoms with Crippen LogP contribution in [0.25, 0.3) is 11.1 Å². The van der Waals surface area contributed by atoms with Gasteiger partial charge in [-0.3, -0.25) is 0 Å². The summed E-state index contributed by atoms with van der Waals surface area (Å²) in [5, 5.41) is 20.7. The highest BCUT2D eigenvalue weighted by Gasteiger charge is 2.18. The first kappa shape index (κ1) is 14.4. The minimum absolute atomic E-state index is 0.216. The Kier molecular flexibility index (Phi) is 4.33. The zero-order chi connectivity index (χ0) is 14.7. The molecular weight excluding hydrogens is 248 g/mol. The lowest BCUT2D eigenvalue weighted by Crippen LogP contribution is -1.99. The predicted octanol–water partition coefficient (Wildman–Crippen LogP) is 4.45. The van der Waals surface area contributed by atoms with Crippen LogP contribution in [0.2, 0.25) is 0 Å². The molecule has 0 heterocycles. The standard InChI is InChI=1S/C18H22O2/c1-4-12-11-13(5-2)18(20)17(14(12)6-3)15-9-7-8-10-16(15)19/h7-11,19-20H,4-6H2,1-3H3. The van der Waals surface area contributed by atoms with E-state index in [4.69, 9.17) is 0 Å². The zero-order valence-corrected chi connectivity index (χ0v) is 12.4. The average Bonchev–Trinajstić information content (AvgIpc) is 2.47. The molecule has 0 aliphatic rings. The minimum atomic E-state index is 0.216. The molecular formula is C18H22O2. The van der Waals surface area contributed by atoms with Crippen molar-refractivity contribution in [3.8, 4) is 22.6 Å². The number of benzene rings is 2. The maximum absolute atomic E-state index is 10.6. The minimum Gasteiger partial charge on any atom is -0.507 e. The quantitative estimate of drug-likeness (QED) is 0.861. The Morgan fingerprint density at radius 3 is 2.05 bits per heavy atom. The van der Waals surface area contributed by atoms with Gasteiger partial charge in [0, 0.05) is 11.1 Å². The van der Waals surface area contributed by atoms with Crippen LogP contribution in [0.4, 0.5) is 0 Å². The monoisotopic (exact) mass is 270 g/mol. The molecule has 0 unspecified atom stereocenters. The summed E-state index contributed by atoms with van der Waals surface area (Å²) in [7, 11) is 0. The summed E-state index contributed by atoms with van der Waals surface area (Å²) in [5.74, 6) is 0.524. The number of phenols is 2. The van der Waals surface area contributed by atoms with E-state index in [1.54, 1.807) is 12.1 Å². The molecule has 0 amide bonds. The summed E-state index contributed by atoms with van der Waals surface area (Å²) in [4.78, 5) is 0. The summed E-state index contributed by atoms with van der Waals surface area (Å²) >= 11 is 0. The number of aromatic hydroxyl groups is 2. The molecule has 2 N–H and O–H groups in total. The lowest BCUT2D eigenvalue weighted by molar-refractivity contribution is 0.464. The van der Waals surface area contributed by atoms with Crippen LogP contribution in [0, 0.1) is 0 Å². The Morgan fingerprint density at radius 1 is 0.850 bits per heavy atom. The number of aryl methyl sites for hydroxylation is 2. The molecule has 2 rings (SSSR count). The highest BCUT2D eigenvalue weighted by Crippen LogP contribution is 2.42. The van der Waals surface area contributed by atoms with Gasteiger partial charge in [-0.1, -0.05) is 45.0 Å². The molecule has 2 nitrogen and oxygen atoms in total. The number of rotatable bonds is 4. The smallest absolute Gasteiger partial charge is 0.127 e. The number of phenolic OH excluding ortho intramolecular Hbond substituents is 2. The molecule has 20 heavy (non-hydrogen) atoms. The Hall–Kier alpha value is -1.96. The Labute approximate surface area is 120 Å². The van der Waals surface area contributed by atoms with Gasteiger partial charge in [-0.15, -0.1) is 0 Å². The fraction of sp³-hybridized carbons (Fsp3) is 0.333. The molecule has 0 fully saturated rings. The normalized spacial score (nSPS) is 10.8. The summed E-state index contributed by atoms with van der Waals surface area (Å²) in [6, 6.07) is 9.31. The SMILES string of the molecule is CCc1cc(CC)c(CC)c(-c2ccccc2O)c1O. The number of hydrogen-bond donors (Lipinski definition) is 2. The Morgan fingerprint density at radius 2 is 1.50 bits per heavy atom. The third kappa shape index (κ3) is 2.38. The highest BCUT2D eigenvalue weighted by atomic mass is 16.3. The van der Waals surface area contributed by atoms with Crippen LogP contribution in [0.1, 0.15) is 37.5 Å². The van der Waals surface area contributed by atoms with E-state index in [9.17, 15) is 10.2 Å². The lowest BCUT2D eigenvalue weighted by Gasteiger charge is -2.18. The summed E-state index contributed by atoms with van der Waals surface area (Å²) in [5.41, 5.74) is 4.83. The van der Waals surface area contributed by atoms with E-state index in [-0.39, 0.29) is 5.75 Å². The largest absolute Gasteiger partial charge is 0.507 e. The molecule has 2 aromatic rings. The maximum Gasteiger partial charge on any atom is 0.127 e. The van der Waals surface area contributed by atoms with Crippen LogP contribution >= 0.6 is 0 Å². The van der Waals surface area contributed by atoms with Crippen molar-refractivity contribution in [1.29, 1.82) is 0 Å². The van der Waals surface area contributed by atoms with Crippen LogP contribution in [-0.4, -0.2) is 10.2 Å². The first-order valence-electron chi connectivity index (χ1n) is 7.28. The van der Waals surface area contributed by atoms with Gasteiger partial charge >= 0.3 is 0 Å². The van der Waals surface area contributed by atoms with Crippen molar-refractivity contribution >= 4 is 0 Å². The van der Waals surface area contributed by atoms with E-state index in [0.717, 1.165) is 36.0 Å². The first-order chi connectivity index (χ1) is 9.63. The molecule has 0 aliphatic carbocycles. The molecule has 0 bridgehead atoms. The number of para-hydroxylation sites is 1. The van der Waals surface area contributed by atoms with Crippen molar-refractivity contribution in [2.24, 2.45) is 0 Å². The Balaban J connectivity index is 2.82. The van der Waals surface area contributed by atoms with E-state index < -0.39 is 0 Å². The van der Waals surface area contributed by atoms with Crippen molar-refractivity contribution in [2.75, 3.05) is 0 Å². The average molecular weight is 270 g/mol. The van der Waals surface area contributed by atoms with E-state index >= 15 is 0 Å². The molecule has 0 radical (unpaired) electrons. The van der Waals surface area contributed by atoms with Crippen LogP contribution in [-0.2, 0) is 19.3 Å². The third-order valence-electron chi connectivity index (χ3n) is 3.87. The van der Waals surface area contributed by atoms with Crippen LogP contribution in [0.3, 0.4) is 0 Å². The molecule has 2 aromatic carbocycles. The third-order valence-corrected chi connectivity index (χ3v) is 3.87. The van der Waals surface area contributed by atoms with E-state index in [2.05, 4.69) is 19.9 Å². The summed E-state index contributed by atoms with van der Waals surface area (Å²) in [6.45, 7) is 6.25. The molecule has 106 valence electrons. The molecule has 0 spiro atoms. The zero-order valence-electron chi connectivity index (χ0n) is 12.4. The van der Waals surface area contributed by atoms with Crippen LogP contribution in [0.5, 0.6) is 11.5 Å². The number of hydrogen-bond acceptors (Lipinski definition) is 2. The second-order valence-corrected chi connectivity index (χ2v) is 4.97. The van der Waals surface area contributed by atoms with Gasteiger partial charge in [-0.25, -0.2) is 0 Å². The lowest BCUT2D eigenvalue weighted by atomic mass is 9.88. The van der Waals surface area contributed by atoms with Crippen molar-refractivity contribution in [3.05, 3.63) is 47.0 Å². The van der Waals surface area contributed by atoms with Crippen molar-refractivity contribution in [1.82, 2.24) is 0 Å². The van der Waals surface area contributed by atoms with Gasteiger partial charge in [-0.05, 0) is 42.0 Å². The second-order valence-electron chi connectivity index (χ2n) is 4.97. The van der Waals surface area contributed by atoms with Gasteiger partial charge < -0.3 is 10.2 Å². The molecule has 2 heteroatoms. The highest BCUT2D eigenvalue weighted by molar-refractivity contribution is 5.80. The first-order valence-corrected chi connectivity index (χ1v) is 7.28. The predicted molar refractivity (Wildman–Crippen MR) is 83.3 cm³/mol.